The van der Waals surface area contributed by atoms with E-state index in [1.165, 1.54) is 57.9 Å². The van der Waals surface area contributed by atoms with Crippen molar-refractivity contribution < 1.29 is 66.6 Å². The van der Waals surface area contributed by atoms with Gasteiger partial charge in [-0.25, -0.2) is 13.6 Å². The normalized spacial score (nSPS) is 9.84. The van der Waals surface area contributed by atoms with E-state index in [4.69, 9.17) is 5.14 Å². The molecule has 0 spiro atoms. The van der Waals surface area contributed by atoms with Crippen molar-refractivity contribution in [3.8, 4) is 70.7 Å². The number of primary sulfonamides is 1. The summed E-state index contributed by atoms with van der Waals surface area (Å²) in [5.74, 6) is 26.5. The largest absolute Gasteiger partial charge is 0.508 e. The van der Waals surface area contributed by atoms with E-state index in [2.05, 4.69) is 75.1 Å². The number of Topliss-reactive ketones (excluding diaryl/α,β-unsaturated/α-hetero) is 10. The number of carbonyl (C=O) groups is 10. The molecule has 544 valence electrons. The third kappa shape index (κ3) is 31.5. The van der Waals surface area contributed by atoms with Gasteiger partial charge in [-0.2, -0.15) is 0 Å². The average Bonchev–Trinajstić information content (AvgIpc) is 0.866. The average molecular weight is 1530 g/mol. The van der Waals surface area contributed by atoms with Crippen molar-refractivity contribution in [2.75, 3.05) is 0 Å². The zero-order chi connectivity index (χ0) is 79.6. The number of carbonyl (C=O) groups excluding carboxylic acids is 10. The molecule has 10 rings (SSSR count). The number of rotatable bonds is 16. The molecule has 0 fully saturated rings. The molecule has 0 atom stereocenters. The smallest absolute Gasteiger partial charge is 0.238 e. The second kappa shape index (κ2) is 42.6. The number of aryl methyl sites for hydroxylation is 2. The van der Waals surface area contributed by atoms with Crippen LogP contribution < -0.4 is 5.14 Å². The van der Waals surface area contributed by atoms with Gasteiger partial charge in [-0.3, -0.25) is 47.9 Å². The van der Waals surface area contributed by atoms with Crippen molar-refractivity contribution in [2.24, 2.45) is 5.14 Å². The van der Waals surface area contributed by atoms with E-state index >= 15 is 0 Å². The number of aromatic hydroxyl groups is 2. The first-order valence-corrected chi connectivity index (χ1v) is 36.0. The monoisotopic (exact) mass is 1530 g/mol. The van der Waals surface area contributed by atoms with E-state index in [9.17, 15) is 66.6 Å². The lowest BCUT2D eigenvalue weighted by atomic mass is 10.0. The van der Waals surface area contributed by atoms with Crippen LogP contribution in [0.3, 0.4) is 0 Å². The molecule has 10 aromatic carbocycles. The Morgan fingerprint density at radius 3 is 0.780 bits per heavy atom. The Morgan fingerprint density at radius 1 is 0.303 bits per heavy atom. The molecule has 0 unspecified atom stereocenters. The van der Waals surface area contributed by atoms with Crippen LogP contribution in [0.5, 0.6) is 11.5 Å². The Kier molecular flexibility index (Phi) is 33.1. The third-order valence-corrected chi connectivity index (χ3v) is 16.9. The van der Waals surface area contributed by atoms with Gasteiger partial charge in [-0.05, 0) is 215 Å². The topological polar surface area (TPSA) is 271 Å². The standard InChI is InChI=1S/2C19H16O2.C18H13BrO3.C18H15NO4S.C18H14O3/c1-14-3-5-16(6-4-14)7-8-17-9-11-18(12-10-17)13-19(21)15(2)20;1-14-4-3-5-17(12-14)9-6-16-7-10-18(11-8-16)13-19(21)15(2)20;1-12(20)18(22)11-15-6-3-13(4-7-15)2-5-14-8-9-17(21)16(19)10-14;1-13(20)18(21)12-16-6-4-14(5-7-16)2-3-15-8-10-17(11-9-15)24(19,22)23;1-13(19)18(21)12-16-6-4-14(5-7-16)2-3-15-8-10-17(20)11-9-15/h3-6,9-12H,13H2,1-2H3;3-5,7-8,10-12H,13H2,1-2H3;3-4,6-10,21H,11H2,1H3;4-11H,12H2,1H3,(H2,19,22,23);4-11,20H,12H2,1H3. The van der Waals surface area contributed by atoms with Crippen molar-refractivity contribution >= 4 is 83.8 Å². The molecule has 10 aromatic rings. The zero-order valence-electron chi connectivity index (χ0n) is 60.7. The summed E-state index contributed by atoms with van der Waals surface area (Å²) in [6.45, 7) is 10.5. The number of sulfonamides is 1. The molecular weight excluding hydrogens is 1450 g/mol. The number of hydrogen-bond acceptors (Lipinski definition) is 14. The number of benzene rings is 10. The van der Waals surface area contributed by atoms with E-state index in [0.717, 1.165) is 77.9 Å². The Balaban J connectivity index is 0.000000213. The van der Waals surface area contributed by atoms with E-state index < -0.39 is 56.3 Å². The number of halogens is 1. The molecule has 0 aliphatic carbocycles. The van der Waals surface area contributed by atoms with Crippen molar-refractivity contribution in [1.82, 2.24) is 0 Å². The molecule has 109 heavy (non-hydrogen) atoms. The van der Waals surface area contributed by atoms with E-state index in [0.29, 0.717) is 10.0 Å². The van der Waals surface area contributed by atoms with Crippen LogP contribution in [0.2, 0.25) is 0 Å². The summed E-state index contributed by atoms with van der Waals surface area (Å²) >= 11 is 3.24. The van der Waals surface area contributed by atoms with Crippen LogP contribution in [0, 0.1) is 73.1 Å². The SMILES string of the molecule is CC(=O)C(=O)Cc1ccc(C#Cc2ccc(C)cc2)cc1.CC(=O)C(=O)Cc1ccc(C#Cc2ccc(O)c(Br)c2)cc1.CC(=O)C(=O)Cc1ccc(C#Cc2ccc(O)cc2)cc1.CC(=O)C(=O)Cc1ccc(C#Cc2ccc(S(N)(=O)=O)cc2)cc1.CC(=O)C(=O)Cc1ccc(C#Cc2cccc(C)c2)cc1. The van der Waals surface area contributed by atoms with E-state index in [1.807, 2.05) is 135 Å². The molecule has 0 aliphatic heterocycles. The summed E-state index contributed by atoms with van der Waals surface area (Å²) in [5, 5.41) is 23.6. The quantitative estimate of drug-likeness (QED) is 0.0600. The molecule has 0 heterocycles. The summed E-state index contributed by atoms with van der Waals surface area (Å²) in [6, 6.07) is 69.9. The molecule has 0 amide bonds. The maximum absolute atomic E-state index is 11.4. The first-order valence-electron chi connectivity index (χ1n) is 33.6. The number of hydrogen-bond donors (Lipinski definition) is 3. The minimum atomic E-state index is -3.71. The lowest BCUT2D eigenvalue weighted by Gasteiger charge is -1.99. The lowest BCUT2D eigenvalue weighted by molar-refractivity contribution is -0.134. The second-order valence-electron chi connectivity index (χ2n) is 24.5. The highest BCUT2D eigenvalue weighted by Crippen LogP contribution is 2.24. The van der Waals surface area contributed by atoms with Crippen LogP contribution >= 0.6 is 15.9 Å². The minimum absolute atomic E-state index is 0.0348. The molecule has 0 bridgehead atoms. The van der Waals surface area contributed by atoms with Gasteiger partial charge < -0.3 is 10.2 Å². The molecular formula is C92H74BrNO14S. The van der Waals surface area contributed by atoms with Crippen molar-refractivity contribution in [2.45, 2.75) is 85.5 Å². The Labute approximate surface area is 643 Å². The zero-order valence-corrected chi connectivity index (χ0v) is 63.1. The lowest BCUT2D eigenvalue weighted by Crippen LogP contribution is -2.12. The fraction of sp³-hybridized carbons (Fsp3) is 0.130. The molecule has 0 saturated carbocycles. The first kappa shape index (κ1) is 84.6. The van der Waals surface area contributed by atoms with Gasteiger partial charge in [0.05, 0.1) is 9.37 Å². The van der Waals surface area contributed by atoms with Crippen LogP contribution in [0.4, 0.5) is 0 Å². The second-order valence-corrected chi connectivity index (χ2v) is 26.9. The predicted octanol–water partition coefficient (Wildman–Crippen LogP) is 13.4. The maximum atomic E-state index is 11.4. The molecule has 0 saturated heterocycles. The van der Waals surface area contributed by atoms with Crippen LogP contribution in [0.25, 0.3) is 0 Å². The van der Waals surface area contributed by atoms with Gasteiger partial charge in [0.15, 0.2) is 28.9 Å². The number of phenols is 2. The van der Waals surface area contributed by atoms with Crippen molar-refractivity contribution in [1.29, 1.82) is 0 Å². The fourth-order valence-electron chi connectivity index (χ4n) is 9.02. The third-order valence-electron chi connectivity index (χ3n) is 15.4. The predicted molar refractivity (Wildman–Crippen MR) is 423 cm³/mol. The highest BCUT2D eigenvalue weighted by molar-refractivity contribution is 9.10. The maximum Gasteiger partial charge on any atom is 0.238 e. The van der Waals surface area contributed by atoms with Gasteiger partial charge in [0.25, 0.3) is 0 Å². The van der Waals surface area contributed by atoms with Crippen LogP contribution in [-0.2, 0) is 90.1 Å². The first-order chi connectivity index (χ1) is 51.8. The molecule has 0 radical (unpaired) electrons. The van der Waals surface area contributed by atoms with Gasteiger partial charge in [-0.15, -0.1) is 0 Å². The van der Waals surface area contributed by atoms with Gasteiger partial charge in [0.1, 0.15) is 11.5 Å². The van der Waals surface area contributed by atoms with Gasteiger partial charge >= 0.3 is 0 Å². The molecule has 17 heteroatoms. The molecule has 0 aliphatic rings. The molecule has 15 nitrogen and oxygen atoms in total. The minimum Gasteiger partial charge on any atom is -0.508 e. The number of nitrogens with two attached hydrogens (primary N) is 1. The Bertz CT molecular complexity index is 5340. The van der Waals surface area contributed by atoms with Crippen molar-refractivity contribution in [3.05, 3.63) is 336 Å². The Morgan fingerprint density at radius 2 is 0.532 bits per heavy atom. The van der Waals surface area contributed by atoms with Gasteiger partial charge in [0.2, 0.25) is 38.9 Å². The van der Waals surface area contributed by atoms with Crippen molar-refractivity contribution in [3.63, 3.8) is 0 Å². The number of ketones is 10. The number of phenolic OH excluding ortho intramolecular Hbond substituents is 2. The summed E-state index contributed by atoms with van der Waals surface area (Å²) < 4.78 is 22.9. The highest BCUT2D eigenvalue weighted by atomic mass is 79.9. The molecule has 4 N–H and O–H groups in total. The van der Waals surface area contributed by atoms with Crippen LogP contribution in [0.1, 0.15) is 129 Å². The van der Waals surface area contributed by atoms with Gasteiger partial charge in [0, 0.05) is 122 Å². The van der Waals surface area contributed by atoms with Crippen LogP contribution in [-0.4, -0.2) is 76.5 Å². The van der Waals surface area contributed by atoms with Crippen LogP contribution in [0.15, 0.2) is 246 Å². The fourth-order valence-corrected chi connectivity index (χ4v) is 9.91. The van der Waals surface area contributed by atoms with E-state index in [1.54, 1.807) is 103 Å². The summed E-state index contributed by atoms with van der Waals surface area (Å²) in [5.41, 5.74) is 14.7. The van der Waals surface area contributed by atoms with Gasteiger partial charge in [-0.1, -0.05) is 150 Å². The summed E-state index contributed by atoms with van der Waals surface area (Å²) in [6.07, 6.45) is 0.634. The summed E-state index contributed by atoms with van der Waals surface area (Å²) in [4.78, 5) is 111. The van der Waals surface area contributed by atoms with E-state index in [-0.39, 0.29) is 60.1 Å². The Hall–Kier alpha value is -13.3. The molecule has 0 aromatic heterocycles. The highest BCUT2D eigenvalue weighted by Gasteiger charge is 2.13. The summed E-state index contributed by atoms with van der Waals surface area (Å²) in [7, 11) is -3.71.